The molecule has 0 bridgehead atoms. The molecule has 0 atom stereocenters. The van der Waals surface area contributed by atoms with Crippen LogP contribution in [0.4, 0.5) is 0 Å². The van der Waals surface area contributed by atoms with Crippen LogP contribution in [-0.2, 0) is 13.2 Å². The second-order valence-corrected chi connectivity index (χ2v) is 9.26. The topological polar surface area (TPSA) is 115 Å². The SMILES string of the molecule is O=C(N/N=C/c1cccc(OCc2ccccc2)c1)c1ccc(C(=O)N/N=C/c2cccc(OCc3ccccc3)c2)o1. The van der Waals surface area contributed by atoms with Gasteiger partial charge in [-0.2, -0.15) is 10.2 Å². The molecular formula is C34H28N4O5. The first-order valence-corrected chi connectivity index (χ1v) is 13.4. The van der Waals surface area contributed by atoms with Gasteiger partial charge in [0.1, 0.15) is 24.7 Å². The molecule has 0 aliphatic carbocycles. The fourth-order valence-electron chi connectivity index (χ4n) is 3.87. The Hall–Kier alpha value is -5.96. The lowest BCUT2D eigenvalue weighted by Crippen LogP contribution is -2.18. The maximum atomic E-state index is 12.5. The lowest BCUT2D eigenvalue weighted by atomic mass is 10.2. The zero-order chi connectivity index (χ0) is 29.7. The van der Waals surface area contributed by atoms with Crippen molar-refractivity contribution in [2.24, 2.45) is 10.2 Å². The molecule has 4 aromatic carbocycles. The van der Waals surface area contributed by atoms with E-state index < -0.39 is 11.8 Å². The lowest BCUT2D eigenvalue weighted by molar-refractivity contribution is 0.0902. The summed E-state index contributed by atoms with van der Waals surface area (Å²) in [5.74, 6) is -0.0191. The zero-order valence-electron chi connectivity index (χ0n) is 23.1. The lowest BCUT2D eigenvalue weighted by Gasteiger charge is -2.06. The summed E-state index contributed by atoms with van der Waals surface area (Å²) in [6, 6.07) is 37.1. The summed E-state index contributed by atoms with van der Waals surface area (Å²) < 4.78 is 17.0. The van der Waals surface area contributed by atoms with Crippen LogP contribution in [0, 0.1) is 0 Å². The number of rotatable bonds is 12. The first-order chi connectivity index (χ1) is 21.1. The monoisotopic (exact) mass is 572 g/mol. The minimum atomic E-state index is -0.609. The fourth-order valence-corrected chi connectivity index (χ4v) is 3.87. The smallest absolute Gasteiger partial charge is 0.307 e. The summed E-state index contributed by atoms with van der Waals surface area (Å²) in [5, 5.41) is 7.96. The van der Waals surface area contributed by atoms with E-state index in [0.717, 1.165) is 22.3 Å². The van der Waals surface area contributed by atoms with E-state index in [-0.39, 0.29) is 11.5 Å². The molecule has 2 amide bonds. The van der Waals surface area contributed by atoms with Gasteiger partial charge < -0.3 is 13.9 Å². The van der Waals surface area contributed by atoms with E-state index in [1.54, 1.807) is 0 Å². The van der Waals surface area contributed by atoms with Gasteiger partial charge in [0.15, 0.2) is 11.5 Å². The molecule has 214 valence electrons. The van der Waals surface area contributed by atoms with E-state index in [9.17, 15) is 9.59 Å². The van der Waals surface area contributed by atoms with E-state index in [1.807, 2.05) is 109 Å². The van der Waals surface area contributed by atoms with Crippen LogP contribution < -0.4 is 20.3 Å². The number of hydrogen-bond donors (Lipinski definition) is 2. The summed E-state index contributed by atoms with van der Waals surface area (Å²) in [6.07, 6.45) is 2.97. The van der Waals surface area contributed by atoms with Gasteiger partial charge in [-0.15, -0.1) is 0 Å². The van der Waals surface area contributed by atoms with E-state index in [0.29, 0.717) is 24.7 Å². The Kier molecular flexibility index (Phi) is 9.70. The van der Waals surface area contributed by atoms with Gasteiger partial charge in [-0.25, -0.2) is 10.9 Å². The Morgan fingerprint density at radius 1 is 0.581 bits per heavy atom. The molecule has 43 heavy (non-hydrogen) atoms. The summed E-state index contributed by atoms with van der Waals surface area (Å²) in [6.45, 7) is 0.879. The molecule has 0 saturated heterocycles. The quantitative estimate of drug-likeness (QED) is 0.141. The molecule has 0 spiro atoms. The van der Waals surface area contributed by atoms with Crippen molar-refractivity contribution in [3.63, 3.8) is 0 Å². The van der Waals surface area contributed by atoms with Gasteiger partial charge in [-0.1, -0.05) is 84.9 Å². The Morgan fingerprint density at radius 3 is 1.47 bits per heavy atom. The Labute approximate surface area is 248 Å². The summed E-state index contributed by atoms with van der Waals surface area (Å²) >= 11 is 0. The number of ether oxygens (including phenoxy) is 2. The van der Waals surface area contributed by atoms with Gasteiger partial charge in [0.05, 0.1) is 12.4 Å². The van der Waals surface area contributed by atoms with Crippen LogP contribution in [0.3, 0.4) is 0 Å². The number of hydrogen-bond acceptors (Lipinski definition) is 7. The predicted octanol–water partition coefficient (Wildman–Crippen LogP) is 5.97. The van der Waals surface area contributed by atoms with Crippen LogP contribution >= 0.6 is 0 Å². The highest BCUT2D eigenvalue weighted by atomic mass is 16.5. The number of amides is 2. The third-order valence-corrected chi connectivity index (χ3v) is 6.03. The average Bonchev–Trinajstić information content (AvgIpc) is 3.55. The minimum absolute atomic E-state index is 0.0745. The number of nitrogens with one attached hydrogen (secondary N) is 2. The number of carbonyl (C=O) groups is 2. The first kappa shape index (κ1) is 28.6. The molecule has 0 unspecified atom stereocenters. The highest BCUT2D eigenvalue weighted by Gasteiger charge is 2.15. The molecule has 0 aliphatic heterocycles. The second-order valence-electron chi connectivity index (χ2n) is 9.26. The number of nitrogens with zero attached hydrogens (tertiary/aromatic N) is 2. The number of furan rings is 1. The van der Waals surface area contributed by atoms with Crippen molar-refractivity contribution in [2.75, 3.05) is 0 Å². The van der Waals surface area contributed by atoms with Crippen LogP contribution in [0.25, 0.3) is 0 Å². The Morgan fingerprint density at radius 2 is 1.02 bits per heavy atom. The molecule has 1 heterocycles. The van der Waals surface area contributed by atoms with E-state index in [2.05, 4.69) is 21.1 Å². The van der Waals surface area contributed by atoms with Crippen LogP contribution in [0.15, 0.2) is 136 Å². The Bertz CT molecular complexity index is 1590. The average molecular weight is 573 g/mol. The highest BCUT2D eigenvalue weighted by molar-refractivity contribution is 5.96. The number of hydrazone groups is 2. The van der Waals surface area contributed by atoms with Gasteiger partial charge in [-0.3, -0.25) is 9.59 Å². The molecule has 0 aliphatic rings. The van der Waals surface area contributed by atoms with Crippen LogP contribution in [0.1, 0.15) is 43.4 Å². The second kappa shape index (κ2) is 14.6. The molecular weight excluding hydrogens is 544 g/mol. The number of benzene rings is 4. The highest BCUT2D eigenvalue weighted by Crippen LogP contribution is 2.16. The summed E-state index contributed by atoms with van der Waals surface area (Å²) in [7, 11) is 0. The molecule has 0 saturated carbocycles. The van der Waals surface area contributed by atoms with Gasteiger partial charge in [-0.05, 0) is 58.7 Å². The van der Waals surface area contributed by atoms with E-state index in [4.69, 9.17) is 13.9 Å². The predicted molar refractivity (Wildman–Crippen MR) is 163 cm³/mol. The first-order valence-electron chi connectivity index (χ1n) is 13.4. The third-order valence-electron chi connectivity index (χ3n) is 6.03. The van der Waals surface area contributed by atoms with Crippen molar-refractivity contribution in [1.29, 1.82) is 0 Å². The van der Waals surface area contributed by atoms with Crippen molar-refractivity contribution < 1.29 is 23.5 Å². The molecule has 9 nitrogen and oxygen atoms in total. The van der Waals surface area contributed by atoms with Crippen LogP contribution in [0.2, 0.25) is 0 Å². The van der Waals surface area contributed by atoms with Crippen molar-refractivity contribution in [1.82, 2.24) is 10.9 Å². The van der Waals surface area contributed by atoms with Crippen molar-refractivity contribution in [2.45, 2.75) is 13.2 Å². The molecule has 1 aromatic heterocycles. The molecule has 5 rings (SSSR count). The van der Waals surface area contributed by atoms with Gasteiger partial charge in [0.25, 0.3) is 0 Å². The summed E-state index contributed by atoms with van der Waals surface area (Å²) in [5.41, 5.74) is 8.36. The minimum Gasteiger partial charge on any atom is -0.489 e. The molecule has 5 aromatic rings. The largest absolute Gasteiger partial charge is 0.489 e. The Balaban J connectivity index is 1.08. The zero-order valence-corrected chi connectivity index (χ0v) is 23.1. The maximum Gasteiger partial charge on any atom is 0.307 e. The van der Waals surface area contributed by atoms with E-state index in [1.165, 1.54) is 24.6 Å². The molecule has 0 radical (unpaired) electrons. The fraction of sp³-hybridized carbons (Fsp3) is 0.0588. The van der Waals surface area contributed by atoms with Crippen molar-refractivity contribution in [3.8, 4) is 11.5 Å². The number of carbonyl (C=O) groups excluding carboxylic acids is 2. The molecule has 2 N–H and O–H groups in total. The molecule has 9 heteroatoms. The van der Waals surface area contributed by atoms with Gasteiger partial charge in [0.2, 0.25) is 0 Å². The molecule has 0 fully saturated rings. The standard InChI is InChI=1S/C34H28N4O5/c39-33(37-35-21-27-13-7-15-29(19-27)41-23-25-9-3-1-4-10-25)31-17-18-32(43-31)34(40)38-36-22-28-14-8-16-30(20-28)42-24-26-11-5-2-6-12-26/h1-22H,23-24H2,(H,37,39)(H,38,40)/b35-21+,36-22+. The summed E-state index contributed by atoms with van der Waals surface area (Å²) in [4.78, 5) is 24.9. The van der Waals surface area contributed by atoms with Crippen LogP contribution in [0.5, 0.6) is 11.5 Å². The van der Waals surface area contributed by atoms with E-state index >= 15 is 0 Å². The van der Waals surface area contributed by atoms with Crippen LogP contribution in [-0.4, -0.2) is 24.2 Å². The van der Waals surface area contributed by atoms with Crippen molar-refractivity contribution >= 4 is 24.2 Å². The van der Waals surface area contributed by atoms with Crippen molar-refractivity contribution in [3.05, 3.63) is 155 Å². The van der Waals surface area contributed by atoms with Gasteiger partial charge >= 0.3 is 11.8 Å². The normalized spacial score (nSPS) is 11.0. The van der Waals surface area contributed by atoms with Gasteiger partial charge in [0, 0.05) is 0 Å². The maximum absolute atomic E-state index is 12.5. The third kappa shape index (κ3) is 8.76.